The van der Waals surface area contributed by atoms with Crippen molar-refractivity contribution in [2.75, 3.05) is 49.7 Å². The molecule has 7 heteroatoms. The van der Waals surface area contributed by atoms with E-state index in [0.29, 0.717) is 11.1 Å². The summed E-state index contributed by atoms with van der Waals surface area (Å²) in [6, 6.07) is 14.7. The number of morpholine rings is 1. The summed E-state index contributed by atoms with van der Waals surface area (Å²) < 4.78 is 5.48. The van der Waals surface area contributed by atoms with Crippen LogP contribution in [0.4, 0.5) is 11.4 Å². The number of amides is 1. The third-order valence-electron chi connectivity index (χ3n) is 7.51. The van der Waals surface area contributed by atoms with Crippen molar-refractivity contribution in [1.82, 2.24) is 10.3 Å². The molecule has 2 aromatic carbocycles. The van der Waals surface area contributed by atoms with Crippen LogP contribution in [-0.2, 0) is 17.7 Å². The first kappa shape index (κ1) is 25.1. The number of aromatic nitrogens is 1. The fourth-order valence-corrected chi connectivity index (χ4v) is 5.42. The van der Waals surface area contributed by atoms with Crippen molar-refractivity contribution in [3.05, 3.63) is 80.8 Å². The Kier molecular flexibility index (Phi) is 7.07. The van der Waals surface area contributed by atoms with Crippen molar-refractivity contribution in [2.45, 2.75) is 39.7 Å². The molecule has 0 atom stereocenters. The summed E-state index contributed by atoms with van der Waals surface area (Å²) in [6.45, 7) is 10.4. The van der Waals surface area contributed by atoms with Gasteiger partial charge < -0.3 is 24.8 Å². The SMILES string of the molecule is Cc1cc(C(C)C)c(CNC(=O)c2cc(-c3ccc(N4CCOCC4)cc3)cc3c2CCN3C)c(=O)[nH]1. The van der Waals surface area contributed by atoms with E-state index >= 15 is 0 Å². The second-order valence-corrected chi connectivity index (χ2v) is 10.4. The van der Waals surface area contributed by atoms with Crippen molar-refractivity contribution in [1.29, 1.82) is 0 Å². The Hall–Kier alpha value is -3.58. The molecule has 0 unspecified atom stereocenters. The zero-order valence-corrected chi connectivity index (χ0v) is 22.2. The second kappa shape index (κ2) is 10.4. The summed E-state index contributed by atoms with van der Waals surface area (Å²) in [4.78, 5) is 33.7. The van der Waals surface area contributed by atoms with Gasteiger partial charge in [0.25, 0.3) is 11.5 Å². The zero-order chi connectivity index (χ0) is 26.1. The Balaban J connectivity index is 1.43. The fourth-order valence-electron chi connectivity index (χ4n) is 5.42. The van der Waals surface area contributed by atoms with Crippen molar-refractivity contribution < 1.29 is 9.53 Å². The number of hydrogen-bond donors (Lipinski definition) is 2. The number of aryl methyl sites for hydroxylation is 1. The number of benzene rings is 2. The van der Waals surface area contributed by atoms with Crippen LogP contribution in [0.15, 0.2) is 47.3 Å². The predicted octanol–water partition coefficient (Wildman–Crippen LogP) is 4.23. The summed E-state index contributed by atoms with van der Waals surface area (Å²) in [5.74, 6) is 0.0441. The third kappa shape index (κ3) is 5.14. The Labute approximate surface area is 218 Å². The predicted molar refractivity (Wildman–Crippen MR) is 149 cm³/mol. The molecule has 1 saturated heterocycles. The average molecular weight is 501 g/mol. The third-order valence-corrected chi connectivity index (χ3v) is 7.51. The van der Waals surface area contributed by atoms with E-state index in [2.05, 4.69) is 71.3 Å². The number of carbonyl (C=O) groups excluding carboxylic acids is 1. The van der Waals surface area contributed by atoms with E-state index in [9.17, 15) is 9.59 Å². The summed E-state index contributed by atoms with van der Waals surface area (Å²) >= 11 is 0. The molecule has 1 aromatic heterocycles. The second-order valence-electron chi connectivity index (χ2n) is 10.4. The molecular weight excluding hydrogens is 464 g/mol. The van der Waals surface area contributed by atoms with Gasteiger partial charge in [-0.05, 0) is 71.8 Å². The molecule has 5 rings (SSSR count). The lowest BCUT2D eigenvalue weighted by atomic mass is 9.95. The number of hydrogen-bond acceptors (Lipinski definition) is 5. The summed E-state index contributed by atoms with van der Waals surface area (Å²) in [7, 11) is 2.07. The van der Waals surface area contributed by atoms with Crippen LogP contribution in [0.1, 0.15) is 52.5 Å². The molecule has 37 heavy (non-hydrogen) atoms. The lowest BCUT2D eigenvalue weighted by Gasteiger charge is -2.29. The first-order chi connectivity index (χ1) is 17.8. The van der Waals surface area contributed by atoms with Crippen molar-refractivity contribution in [3.63, 3.8) is 0 Å². The molecule has 0 radical (unpaired) electrons. The highest BCUT2D eigenvalue weighted by molar-refractivity contribution is 5.99. The van der Waals surface area contributed by atoms with Gasteiger partial charge in [0.2, 0.25) is 0 Å². The Bertz CT molecular complexity index is 1350. The number of pyridine rings is 1. The van der Waals surface area contributed by atoms with Gasteiger partial charge in [0.15, 0.2) is 0 Å². The Morgan fingerprint density at radius 1 is 1.05 bits per heavy atom. The number of anilines is 2. The first-order valence-corrected chi connectivity index (χ1v) is 13.1. The van der Waals surface area contributed by atoms with Gasteiger partial charge in [0.05, 0.1) is 13.2 Å². The van der Waals surface area contributed by atoms with Crippen molar-refractivity contribution in [2.24, 2.45) is 0 Å². The number of likely N-dealkylation sites (N-methyl/N-ethyl adjacent to an activating group) is 1. The molecule has 2 aliphatic rings. The Morgan fingerprint density at radius 3 is 2.49 bits per heavy atom. The maximum absolute atomic E-state index is 13.5. The fraction of sp³-hybridized carbons (Fsp3) is 0.400. The number of nitrogens with one attached hydrogen (secondary N) is 2. The van der Waals surface area contributed by atoms with Gasteiger partial charge in [-0.1, -0.05) is 26.0 Å². The van der Waals surface area contributed by atoms with Crippen LogP contribution < -0.4 is 20.7 Å². The molecule has 3 heterocycles. The minimum atomic E-state index is -0.145. The molecule has 0 bridgehead atoms. The molecule has 7 nitrogen and oxygen atoms in total. The molecule has 0 aliphatic carbocycles. The average Bonchev–Trinajstić information content (AvgIpc) is 3.28. The minimum absolute atomic E-state index is 0.136. The van der Waals surface area contributed by atoms with Gasteiger partial charge in [0.1, 0.15) is 0 Å². The van der Waals surface area contributed by atoms with Crippen LogP contribution in [0.5, 0.6) is 0 Å². The number of aromatic amines is 1. The highest BCUT2D eigenvalue weighted by atomic mass is 16.5. The summed E-state index contributed by atoms with van der Waals surface area (Å²) in [5, 5.41) is 3.05. The van der Waals surface area contributed by atoms with E-state index in [-0.39, 0.29) is 23.9 Å². The van der Waals surface area contributed by atoms with Crippen LogP contribution in [-0.4, -0.2) is 50.8 Å². The molecular formula is C30H36N4O3. The summed E-state index contributed by atoms with van der Waals surface area (Å²) in [6.07, 6.45) is 0.827. The standard InChI is InChI=1S/C30H36N4O3/c1-19(2)25-15-20(3)32-30(36)27(25)18-31-29(35)26-16-22(17-28-24(26)9-10-33(28)4)21-5-7-23(8-6-21)34-11-13-37-14-12-34/h5-8,15-17,19H,9-14,18H2,1-4H3,(H,31,35)(H,32,36). The number of fused-ring (bicyclic) bond motifs is 1. The Morgan fingerprint density at radius 2 is 1.78 bits per heavy atom. The van der Waals surface area contributed by atoms with E-state index in [1.165, 1.54) is 5.69 Å². The van der Waals surface area contributed by atoms with Gasteiger partial charge in [-0.25, -0.2) is 0 Å². The highest BCUT2D eigenvalue weighted by Gasteiger charge is 2.24. The van der Waals surface area contributed by atoms with Crippen molar-refractivity contribution >= 4 is 17.3 Å². The van der Waals surface area contributed by atoms with Crippen molar-refractivity contribution in [3.8, 4) is 11.1 Å². The summed E-state index contributed by atoms with van der Waals surface area (Å²) in [5.41, 5.74) is 8.41. The first-order valence-electron chi connectivity index (χ1n) is 13.1. The van der Waals surface area contributed by atoms with E-state index in [4.69, 9.17) is 4.74 Å². The molecule has 1 amide bonds. The van der Waals surface area contributed by atoms with E-state index < -0.39 is 0 Å². The van der Waals surface area contributed by atoms with Crippen LogP contribution in [0.2, 0.25) is 0 Å². The van der Waals surface area contributed by atoms with Crippen LogP contribution in [0, 0.1) is 6.92 Å². The normalized spacial score (nSPS) is 15.3. The smallest absolute Gasteiger partial charge is 0.253 e. The zero-order valence-electron chi connectivity index (χ0n) is 22.2. The lowest BCUT2D eigenvalue weighted by Crippen LogP contribution is -2.36. The lowest BCUT2D eigenvalue weighted by molar-refractivity contribution is 0.0950. The van der Waals surface area contributed by atoms with Gasteiger partial charge >= 0.3 is 0 Å². The maximum atomic E-state index is 13.5. The number of carbonyl (C=O) groups is 1. The number of nitrogens with zero attached hydrogens (tertiary/aromatic N) is 2. The van der Waals surface area contributed by atoms with Crippen LogP contribution in [0.3, 0.4) is 0 Å². The number of rotatable bonds is 6. The van der Waals surface area contributed by atoms with Crippen LogP contribution in [0.25, 0.3) is 11.1 Å². The maximum Gasteiger partial charge on any atom is 0.253 e. The molecule has 194 valence electrons. The molecule has 2 aliphatic heterocycles. The van der Waals surface area contributed by atoms with Gasteiger partial charge in [-0.3, -0.25) is 9.59 Å². The monoisotopic (exact) mass is 500 g/mol. The number of H-pyrrole nitrogens is 1. The van der Waals surface area contributed by atoms with E-state index in [1.807, 2.05) is 19.1 Å². The van der Waals surface area contributed by atoms with Gasteiger partial charge in [0, 0.05) is 61.4 Å². The quantitative estimate of drug-likeness (QED) is 0.530. The van der Waals surface area contributed by atoms with Crippen LogP contribution >= 0.6 is 0 Å². The van der Waals surface area contributed by atoms with E-state index in [1.54, 1.807) is 0 Å². The topological polar surface area (TPSA) is 77.7 Å². The molecule has 2 N–H and O–H groups in total. The van der Waals surface area contributed by atoms with E-state index in [0.717, 1.165) is 72.9 Å². The molecule has 1 fully saturated rings. The minimum Gasteiger partial charge on any atom is -0.378 e. The molecule has 0 spiro atoms. The number of ether oxygens (including phenoxy) is 1. The highest BCUT2D eigenvalue weighted by Crippen LogP contribution is 2.36. The van der Waals surface area contributed by atoms with Gasteiger partial charge in [-0.2, -0.15) is 0 Å². The molecule has 0 saturated carbocycles. The van der Waals surface area contributed by atoms with Gasteiger partial charge in [-0.15, -0.1) is 0 Å². The molecule has 3 aromatic rings. The largest absolute Gasteiger partial charge is 0.378 e.